The Bertz CT molecular complexity index is 2860. The second kappa shape index (κ2) is 15.8. The van der Waals surface area contributed by atoms with E-state index in [1.165, 1.54) is 22.1 Å². The second-order valence-electron chi connectivity index (χ2n) is 15.0. The number of ether oxygens (including phenoxy) is 1. The number of benzene rings is 3. The topological polar surface area (TPSA) is 149 Å². The van der Waals surface area contributed by atoms with Crippen LogP contribution in [-0.2, 0) is 34.6 Å². The summed E-state index contributed by atoms with van der Waals surface area (Å²) in [5.74, 6) is 3.15. The number of nitrogens with one attached hydrogen (secondary N) is 3. The Hall–Kier alpha value is -6.73. The van der Waals surface area contributed by atoms with Crippen LogP contribution in [0.4, 0.5) is 28.9 Å². The molecule has 3 amide bonds. The molecule has 1 atom stereocenters. The minimum absolute atomic E-state index is 0.0223. The zero-order valence-electron chi connectivity index (χ0n) is 32.7. The lowest BCUT2D eigenvalue weighted by atomic mass is 9.88. The molecule has 308 valence electrons. The fourth-order valence-electron chi connectivity index (χ4n) is 8.11. The number of amides is 3. The van der Waals surface area contributed by atoms with Gasteiger partial charge in [-0.2, -0.15) is 13.2 Å². The van der Waals surface area contributed by atoms with Gasteiger partial charge in [-0.05, 0) is 96.7 Å². The monoisotopic (exact) mass is 822 g/mol. The fourth-order valence-corrected chi connectivity index (χ4v) is 8.11. The third-order valence-corrected chi connectivity index (χ3v) is 11.1. The minimum Gasteiger partial charge on any atom is -0.448 e. The minimum atomic E-state index is -4.89. The molecular formula is C44H38F4N6O6. The molecule has 12 nitrogen and oxygen atoms in total. The Labute approximate surface area is 339 Å². The van der Waals surface area contributed by atoms with Gasteiger partial charge < -0.3 is 19.8 Å². The molecule has 3 N–H and O–H groups in total. The molecule has 2 fully saturated rings. The molecule has 6 aromatic rings. The summed E-state index contributed by atoms with van der Waals surface area (Å²) in [4.78, 5) is 54.2. The number of fused-ring (bicyclic) bond motifs is 2. The molecule has 0 radical (unpaired) electrons. The number of piperidine rings is 1. The van der Waals surface area contributed by atoms with Gasteiger partial charge in [0.2, 0.25) is 11.8 Å². The number of pyridine rings is 1. The Balaban J connectivity index is 1.01. The van der Waals surface area contributed by atoms with Gasteiger partial charge >= 0.3 is 11.9 Å². The molecule has 3 aromatic heterocycles. The van der Waals surface area contributed by atoms with Crippen molar-refractivity contribution in [3.05, 3.63) is 111 Å². The van der Waals surface area contributed by atoms with Gasteiger partial charge in [-0.15, -0.1) is 0 Å². The molecule has 16 heteroatoms. The van der Waals surface area contributed by atoms with Crippen LogP contribution < -0.4 is 21.6 Å². The van der Waals surface area contributed by atoms with Crippen molar-refractivity contribution < 1.29 is 41.1 Å². The first kappa shape index (κ1) is 40.1. The largest absolute Gasteiger partial charge is 0.448 e. The maximum atomic E-state index is 15.9. The first-order valence-electron chi connectivity index (χ1n) is 19.2. The van der Waals surface area contributed by atoms with Crippen molar-refractivity contribution in [2.75, 3.05) is 25.1 Å². The number of alkyl halides is 3. The molecule has 1 unspecified atom stereocenters. The number of hydrogen-bond acceptors (Lipinski definition) is 8. The van der Waals surface area contributed by atoms with Gasteiger partial charge in [0.25, 0.3) is 5.91 Å². The number of halogens is 4. The van der Waals surface area contributed by atoms with Crippen LogP contribution in [0.2, 0.25) is 0 Å². The van der Waals surface area contributed by atoms with E-state index in [1.807, 2.05) is 0 Å². The van der Waals surface area contributed by atoms with Gasteiger partial charge in [0.1, 0.15) is 17.1 Å². The van der Waals surface area contributed by atoms with E-state index in [4.69, 9.17) is 9.15 Å². The van der Waals surface area contributed by atoms with E-state index in [9.17, 15) is 32.3 Å². The highest BCUT2D eigenvalue weighted by molar-refractivity contribution is 6.03. The summed E-state index contributed by atoms with van der Waals surface area (Å²) in [6.45, 7) is 2.43. The maximum absolute atomic E-state index is 15.9. The number of carbonyl (C=O) groups is 3. The van der Waals surface area contributed by atoms with E-state index in [-0.39, 0.29) is 59.0 Å². The first-order chi connectivity index (χ1) is 28.7. The van der Waals surface area contributed by atoms with Crippen LogP contribution in [0.15, 0.2) is 70.0 Å². The van der Waals surface area contributed by atoms with Gasteiger partial charge in [0, 0.05) is 62.6 Å². The molecule has 8 rings (SSSR count). The van der Waals surface area contributed by atoms with Crippen LogP contribution in [0.1, 0.15) is 76.0 Å². The average Bonchev–Trinajstić information content (AvgIpc) is 3.74. The Morgan fingerprint density at radius 1 is 1.00 bits per heavy atom. The fraction of sp³-hybridized carbons (Fsp3) is 0.295. The normalized spacial score (nSPS) is 16.1. The molecular weight excluding hydrogens is 785 g/mol. The first-order valence-corrected chi connectivity index (χ1v) is 19.2. The van der Waals surface area contributed by atoms with Crippen LogP contribution in [-0.4, -0.2) is 51.6 Å². The molecule has 0 bridgehead atoms. The number of imide groups is 1. The number of aryl methyl sites for hydroxylation is 3. The third-order valence-electron chi connectivity index (χ3n) is 11.1. The molecule has 3 aromatic carbocycles. The number of rotatable bonds is 7. The van der Waals surface area contributed by atoms with Crippen molar-refractivity contribution in [2.24, 2.45) is 14.1 Å². The van der Waals surface area contributed by atoms with E-state index in [0.29, 0.717) is 71.8 Å². The molecule has 2 aliphatic heterocycles. The zero-order chi connectivity index (χ0) is 42.5. The lowest BCUT2D eigenvalue weighted by Gasteiger charge is -2.24. The number of furan rings is 1. The van der Waals surface area contributed by atoms with Crippen LogP contribution in [0.5, 0.6) is 0 Å². The summed E-state index contributed by atoms with van der Waals surface area (Å²) >= 11 is 0. The van der Waals surface area contributed by atoms with Gasteiger partial charge in [-0.3, -0.25) is 33.8 Å². The molecule has 0 saturated carbocycles. The number of anilines is 2. The molecule has 2 aliphatic rings. The summed E-state index contributed by atoms with van der Waals surface area (Å²) in [5, 5.41) is 8.51. The summed E-state index contributed by atoms with van der Waals surface area (Å²) in [6, 6.07) is 13.2. The van der Waals surface area contributed by atoms with Crippen molar-refractivity contribution in [3.63, 3.8) is 0 Å². The van der Waals surface area contributed by atoms with E-state index < -0.39 is 40.6 Å². The van der Waals surface area contributed by atoms with Crippen LogP contribution >= 0.6 is 0 Å². The quantitative estimate of drug-likeness (QED) is 0.0879. The SMILES string of the molecule is Cc1cc(-c2cc(F)c(Nc3cc(C4CCOCC4)c4c(c3)n(C)c(=O)n4C)cc2C(F)(F)F)cnc1C(=O)NCC#Cc1cc2c(C3CCC(=O)NC3=O)cccc2o1. The highest BCUT2D eigenvalue weighted by Crippen LogP contribution is 2.42. The average molecular weight is 823 g/mol. The summed E-state index contributed by atoms with van der Waals surface area (Å²) < 4.78 is 74.2. The molecule has 2 saturated heterocycles. The number of carbonyl (C=O) groups excluding carboxylic acids is 3. The number of aromatic nitrogens is 3. The Morgan fingerprint density at radius 3 is 2.52 bits per heavy atom. The van der Waals surface area contributed by atoms with Gasteiger partial charge in [-0.1, -0.05) is 18.1 Å². The highest BCUT2D eigenvalue weighted by atomic mass is 19.4. The van der Waals surface area contributed by atoms with Crippen molar-refractivity contribution in [3.8, 4) is 23.0 Å². The van der Waals surface area contributed by atoms with Crippen LogP contribution in [0, 0.1) is 24.6 Å². The summed E-state index contributed by atoms with van der Waals surface area (Å²) in [5.41, 5.74) is 1.47. The lowest BCUT2D eigenvalue weighted by Crippen LogP contribution is -2.39. The highest BCUT2D eigenvalue weighted by Gasteiger charge is 2.36. The van der Waals surface area contributed by atoms with Gasteiger partial charge in [0.05, 0.1) is 34.7 Å². The van der Waals surface area contributed by atoms with Gasteiger partial charge in [0.15, 0.2) is 5.76 Å². The number of imidazole rings is 1. The van der Waals surface area contributed by atoms with E-state index in [0.717, 1.165) is 17.8 Å². The smallest absolute Gasteiger partial charge is 0.417 e. The zero-order valence-corrected chi connectivity index (χ0v) is 32.7. The van der Waals surface area contributed by atoms with Crippen molar-refractivity contribution >= 4 is 51.1 Å². The second-order valence-corrected chi connectivity index (χ2v) is 15.0. The summed E-state index contributed by atoms with van der Waals surface area (Å²) in [7, 11) is 3.26. The summed E-state index contributed by atoms with van der Waals surface area (Å²) in [6.07, 6.45) is -1.84. The lowest BCUT2D eigenvalue weighted by molar-refractivity contribution is -0.137. The maximum Gasteiger partial charge on any atom is 0.417 e. The third kappa shape index (κ3) is 7.63. The van der Waals surface area contributed by atoms with Crippen LogP contribution in [0.3, 0.4) is 0 Å². The Morgan fingerprint density at radius 2 is 1.78 bits per heavy atom. The molecule has 0 aliphatic carbocycles. The van der Waals surface area contributed by atoms with E-state index in [2.05, 4.69) is 32.8 Å². The molecule has 60 heavy (non-hydrogen) atoms. The predicted molar refractivity (Wildman–Crippen MR) is 214 cm³/mol. The van der Waals surface area contributed by atoms with Crippen LogP contribution in [0.25, 0.3) is 33.1 Å². The number of nitrogens with zero attached hydrogens (tertiary/aromatic N) is 3. The van der Waals surface area contributed by atoms with E-state index in [1.54, 1.807) is 50.5 Å². The van der Waals surface area contributed by atoms with Crippen molar-refractivity contribution in [1.29, 1.82) is 0 Å². The molecule has 5 heterocycles. The number of hydrogen-bond donors (Lipinski definition) is 3. The van der Waals surface area contributed by atoms with E-state index >= 15 is 4.39 Å². The Kier molecular flexibility index (Phi) is 10.5. The van der Waals surface area contributed by atoms with Crippen molar-refractivity contribution in [2.45, 2.75) is 50.6 Å². The standard InChI is InChI=1S/C44H38F4N6O6/c1-23-16-25(22-50-39(23)42(57)49-13-5-6-27-19-32-28(7-4-8-37(32)60-27)29-9-10-38(55)52-41(29)56)30-20-34(45)35(21-33(30)44(46,47)48)51-26-17-31(24-11-14-59-15-12-24)40-36(18-26)53(2)43(58)54(40)3/h4,7-8,16-22,24,29,51H,9-15H2,1-3H3,(H,49,57)(H,52,55,56). The molecule has 0 spiro atoms. The van der Waals surface area contributed by atoms with Crippen molar-refractivity contribution in [1.82, 2.24) is 24.8 Å². The predicted octanol–water partition coefficient (Wildman–Crippen LogP) is 7.09. The van der Waals surface area contributed by atoms with Gasteiger partial charge in [-0.25, -0.2) is 9.18 Å².